The fourth-order valence-corrected chi connectivity index (χ4v) is 2.96. The molecule has 0 bridgehead atoms. The van der Waals surface area contributed by atoms with Gasteiger partial charge in [-0.2, -0.15) is 0 Å². The lowest BCUT2D eigenvalue weighted by Crippen LogP contribution is -2.54. The molecule has 0 amide bonds. The number of halogens is 1. The van der Waals surface area contributed by atoms with Gasteiger partial charge in [0.05, 0.1) is 6.10 Å². The van der Waals surface area contributed by atoms with Gasteiger partial charge in [-0.05, 0) is 12.8 Å². The molecule has 2 rings (SSSR count). The van der Waals surface area contributed by atoms with Gasteiger partial charge in [0.2, 0.25) is 0 Å². The standard InChI is InChI=1S/C12H23FN2O/c13-5-6-14-7-9-15(10-8-14)11-3-1-2-4-12(11)16/h11-12,16H,1-10H2/t11-,12-/m0/s1. The van der Waals surface area contributed by atoms with Crippen molar-refractivity contribution in [1.29, 1.82) is 0 Å². The van der Waals surface area contributed by atoms with Crippen molar-refractivity contribution < 1.29 is 9.50 Å². The van der Waals surface area contributed by atoms with E-state index in [1.807, 2.05) is 0 Å². The first-order valence-electron chi connectivity index (χ1n) is 6.51. The van der Waals surface area contributed by atoms with Crippen molar-refractivity contribution in [3.8, 4) is 0 Å². The topological polar surface area (TPSA) is 26.7 Å². The monoisotopic (exact) mass is 230 g/mol. The fraction of sp³-hybridized carbons (Fsp3) is 1.00. The third-order valence-corrected chi connectivity index (χ3v) is 3.97. The minimum Gasteiger partial charge on any atom is -0.391 e. The summed E-state index contributed by atoms with van der Waals surface area (Å²) in [5, 5.41) is 9.98. The number of aliphatic hydroxyl groups is 1. The molecule has 1 saturated heterocycles. The summed E-state index contributed by atoms with van der Waals surface area (Å²) in [4.78, 5) is 4.57. The van der Waals surface area contributed by atoms with Crippen LogP contribution in [0, 0.1) is 0 Å². The van der Waals surface area contributed by atoms with Crippen LogP contribution < -0.4 is 0 Å². The average Bonchev–Trinajstić information content (AvgIpc) is 2.31. The SMILES string of the molecule is O[C@H]1CCCC[C@@H]1N1CCN(CCF)CC1. The number of rotatable bonds is 3. The molecule has 0 aromatic carbocycles. The maximum atomic E-state index is 12.2. The third-order valence-electron chi connectivity index (χ3n) is 3.97. The molecule has 1 aliphatic carbocycles. The summed E-state index contributed by atoms with van der Waals surface area (Å²) in [5.41, 5.74) is 0. The molecule has 2 atom stereocenters. The molecule has 1 saturated carbocycles. The Bertz CT molecular complexity index is 207. The highest BCUT2D eigenvalue weighted by atomic mass is 19.1. The minimum absolute atomic E-state index is 0.138. The molecule has 0 unspecified atom stereocenters. The number of piperazine rings is 1. The van der Waals surface area contributed by atoms with Crippen molar-refractivity contribution in [2.24, 2.45) is 0 Å². The van der Waals surface area contributed by atoms with Crippen LogP contribution in [0.2, 0.25) is 0 Å². The van der Waals surface area contributed by atoms with Crippen molar-refractivity contribution in [3.63, 3.8) is 0 Å². The molecular formula is C12H23FN2O. The van der Waals surface area contributed by atoms with E-state index in [0.717, 1.165) is 39.0 Å². The van der Waals surface area contributed by atoms with E-state index in [1.165, 1.54) is 12.8 Å². The summed E-state index contributed by atoms with van der Waals surface area (Å²) in [7, 11) is 0. The molecule has 94 valence electrons. The Morgan fingerprint density at radius 2 is 1.75 bits per heavy atom. The van der Waals surface area contributed by atoms with Crippen LogP contribution in [-0.2, 0) is 0 Å². The van der Waals surface area contributed by atoms with E-state index in [1.54, 1.807) is 0 Å². The van der Waals surface area contributed by atoms with E-state index >= 15 is 0 Å². The Morgan fingerprint density at radius 1 is 1.06 bits per heavy atom. The van der Waals surface area contributed by atoms with E-state index < -0.39 is 0 Å². The molecule has 2 aliphatic rings. The summed E-state index contributed by atoms with van der Waals surface area (Å²) in [5.74, 6) is 0. The second-order valence-electron chi connectivity index (χ2n) is 4.99. The lowest BCUT2D eigenvalue weighted by atomic mass is 9.91. The Balaban J connectivity index is 1.79. The van der Waals surface area contributed by atoms with E-state index in [4.69, 9.17) is 0 Å². The largest absolute Gasteiger partial charge is 0.391 e. The summed E-state index contributed by atoms with van der Waals surface area (Å²) in [6, 6.07) is 0.362. The summed E-state index contributed by atoms with van der Waals surface area (Å²) in [6.45, 7) is 4.21. The second-order valence-corrected chi connectivity index (χ2v) is 4.99. The quantitative estimate of drug-likeness (QED) is 0.779. The highest BCUT2D eigenvalue weighted by Crippen LogP contribution is 2.24. The Morgan fingerprint density at radius 3 is 2.38 bits per heavy atom. The normalized spacial score (nSPS) is 34.1. The number of nitrogens with zero attached hydrogens (tertiary/aromatic N) is 2. The predicted octanol–water partition coefficient (Wildman–Crippen LogP) is 0.877. The van der Waals surface area contributed by atoms with Crippen molar-refractivity contribution in [3.05, 3.63) is 0 Å². The molecular weight excluding hydrogens is 207 g/mol. The van der Waals surface area contributed by atoms with Crippen LogP contribution in [0.5, 0.6) is 0 Å². The maximum absolute atomic E-state index is 12.2. The van der Waals surface area contributed by atoms with Gasteiger partial charge in [-0.1, -0.05) is 12.8 Å². The lowest BCUT2D eigenvalue weighted by Gasteiger charge is -2.42. The van der Waals surface area contributed by atoms with Crippen LogP contribution in [0.25, 0.3) is 0 Å². The first kappa shape index (κ1) is 12.3. The average molecular weight is 230 g/mol. The molecule has 1 heterocycles. The smallest absolute Gasteiger partial charge is 0.102 e. The van der Waals surface area contributed by atoms with Gasteiger partial charge in [-0.3, -0.25) is 9.80 Å². The first-order valence-corrected chi connectivity index (χ1v) is 6.51. The fourth-order valence-electron chi connectivity index (χ4n) is 2.96. The molecule has 0 aromatic rings. The molecule has 0 radical (unpaired) electrons. The van der Waals surface area contributed by atoms with Gasteiger partial charge in [-0.25, -0.2) is 4.39 Å². The first-order chi connectivity index (χ1) is 7.81. The van der Waals surface area contributed by atoms with Gasteiger partial charge < -0.3 is 5.11 Å². The predicted molar refractivity (Wildman–Crippen MR) is 62.3 cm³/mol. The van der Waals surface area contributed by atoms with Crippen LogP contribution in [0.1, 0.15) is 25.7 Å². The van der Waals surface area contributed by atoms with E-state index in [-0.39, 0.29) is 12.8 Å². The van der Waals surface area contributed by atoms with Gasteiger partial charge in [0, 0.05) is 38.8 Å². The van der Waals surface area contributed by atoms with Crippen molar-refractivity contribution in [2.75, 3.05) is 39.4 Å². The lowest BCUT2D eigenvalue weighted by molar-refractivity contribution is -0.00413. The molecule has 2 fully saturated rings. The molecule has 1 aliphatic heterocycles. The Labute approximate surface area is 97.2 Å². The summed E-state index contributed by atoms with van der Waals surface area (Å²) < 4.78 is 12.2. The highest BCUT2D eigenvalue weighted by molar-refractivity contribution is 4.86. The van der Waals surface area contributed by atoms with Crippen molar-refractivity contribution >= 4 is 0 Å². The van der Waals surface area contributed by atoms with Gasteiger partial charge >= 0.3 is 0 Å². The van der Waals surface area contributed by atoms with Crippen LogP contribution in [0.4, 0.5) is 4.39 Å². The van der Waals surface area contributed by atoms with Crippen LogP contribution >= 0.6 is 0 Å². The van der Waals surface area contributed by atoms with Crippen molar-refractivity contribution in [2.45, 2.75) is 37.8 Å². The van der Waals surface area contributed by atoms with E-state index in [2.05, 4.69) is 9.80 Å². The molecule has 16 heavy (non-hydrogen) atoms. The molecule has 0 aromatic heterocycles. The molecule has 0 spiro atoms. The maximum Gasteiger partial charge on any atom is 0.102 e. The number of hydrogen-bond donors (Lipinski definition) is 1. The minimum atomic E-state index is -0.244. The zero-order valence-corrected chi connectivity index (χ0v) is 9.95. The van der Waals surface area contributed by atoms with Gasteiger partial charge in [0.25, 0.3) is 0 Å². The summed E-state index contributed by atoms with van der Waals surface area (Å²) in [6.07, 6.45) is 4.35. The highest BCUT2D eigenvalue weighted by Gasteiger charge is 2.30. The van der Waals surface area contributed by atoms with Gasteiger partial charge in [0.1, 0.15) is 6.67 Å². The molecule has 3 nitrogen and oxygen atoms in total. The second kappa shape index (κ2) is 5.94. The summed E-state index contributed by atoms with van der Waals surface area (Å²) >= 11 is 0. The number of aliphatic hydroxyl groups excluding tert-OH is 1. The van der Waals surface area contributed by atoms with Gasteiger partial charge in [-0.15, -0.1) is 0 Å². The van der Waals surface area contributed by atoms with Crippen LogP contribution in [0.3, 0.4) is 0 Å². The number of alkyl halides is 1. The molecule has 4 heteroatoms. The Hall–Kier alpha value is -0.190. The van der Waals surface area contributed by atoms with Crippen molar-refractivity contribution in [1.82, 2.24) is 9.80 Å². The molecule has 1 N–H and O–H groups in total. The van der Waals surface area contributed by atoms with Crippen LogP contribution in [-0.4, -0.2) is 66.5 Å². The van der Waals surface area contributed by atoms with Gasteiger partial charge in [0.15, 0.2) is 0 Å². The zero-order chi connectivity index (χ0) is 11.4. The van der Waals surface area contributed by atoms with E-state index in [0.29, 0.717) is 12.6 Å². The van der Waals surface area contributed by atoms with E-state index in [9.17, 15) is 9.50 Å². The number of hydrogen-bond acceptors (Lipinski definition) is 3. The Kier molecular flexibility index (Phi) is 4.55. The third kappa shape index (κ3) is 2.93. The van der Waals surface area contributed by atoms with Crippen LogP contribution in [0.15, 0.2) is 0 Å². The zero-order valence-electron chi connectivity index (χ0n) is 9.95.